The van der Waals surface area contributed by atoms with Crippen molar-refractivity contribution in [2.45, 2.75) is 12.8 Å². The number of nitrogens with zero attached hydrogens (tertiary/aromatic N) is 5. The smallest absolute Gasteiger partial charge is 0.272 e. The molecule has 2 fully saturated rings. The first-order chi connectivity index (χ1) is 14.4. The lowest BCUT2D eigenvalue weighted by atomic mass is 10.1. The van der Waals surface area contributed by atoms with Crippen LogP contribution in [0.1, 0.15) is 6.42 Å². The average molecular weight is 419 g/mol. The molecule has 2 aromatic rings. The number of hydrogen-bond acceptors (Lipinski definition) is 6. The van der Waals surface area contributed by atoms with E-state index < -0.39 is 13.0 Å². The lowest BCUT2D eigenvalue weighted by Gasteiger charge is -2.37. The lowest BCUT2D eigenvalue weighted by molar-refractivity contribution is -0.136. The molecule has 2 amide bonds. The summed E-state index contributed by atoms with van der Waals surface area (Å²) in [5.41, 5.74) is 1.50. The van der Waals surface area contributed by atoms with Gasteiger partial charge in [0.15, 0.2) is 6.61 Å². The highest BCUT2D eigenvalue weighted by Crippen LogP contribution is 2.28. The maximum absolute atomic E-state index is 12.7. The van der Waals surface area contributed by atoms with E-state index in [0.29, 0.717) is 43.6 Å². The fourth-order valence-corrected chi connectivity index (χ4v) is 3.95. The minimum Gasteiger partial charge on any atom is -0.471 e. The minimum absolute atomic E-state index is 0.00948. The van der Waals surface area contributed by atoms with E-state index in [0.717, 1.165) is 5.69 Å². The number of aromatic nitrogens is 2. The van der Waals surface area contributed by atoms with Gasteiger partial charge < -0.3 is 19.4 Å². The highest BCUT2D eigenvalue weighted by atomic mass is 19.3. The maximum atomic E-state index is 12.7. The first-order valence-electron chi connectivity index (χ1n) is 9.86. The van der Waals surface area contributed by atoms with Crippen LogP contribution in [0.15, 0.2) is 24.5 Å². The third-order valence-electron chi connectivity index (χ3n) is 5.58. The average Bonchev–Trinajstić information content (AvgIpc) is 3.09. The second-order valence-electron chi connectivity index (χ2n) is 7.57. The van der Waals surface area contributed by atoms with Crippen molar-refractivity contribution in [3.05, 3.63) is 24.5 Å². The zero-order chi connectivity index (χ0) is 21.3. The van der Waals surface area contributed by atoms with Gasteiger partial charge in [-0.3, -0.25) is 9.59 Å². The fraction of sp³-hybridized carbons (Fsp3) is 0.500. The van der Waals surface area contributed by atoms with Gasteiger partial charge in [-0.05, 0) is 18.2 Å². The molecular weight excluding hydrogens is 396 g/mol. The number of amides is 2. The molecule has 4 rings (SSSR count). The van der Waals surface area contributed by atoms with Gasteiger partial charge in [0.1, 0.15) is 6.33 Å². The summed E-state index contributed by atoms with van der Waals surface area (Å²) in [6.45, 7) is 2.14. The number of alkyl halides is 2. The molecule has 2 saturated heterocycles. The summed E-state index contributed by atoms with van der Waals surface area (Å²) in [5, 5.41) is 0.571. The SMILES string of the molecule is CN1CC(C(=O)N2CCN(c3ccc4ncnc(OCC(F)F)c4c3)CC2)CC1=O. The molecule has 160 valence electrons. The molecular formula is C20H23F2N5O3. The van der Waals surface area contributed by atoms with Crippen LogP contribution in [0.4, 0.5) is 14.5 Å². The number of fused-ring (bicyclic) bond motifs is 1. The summed E-state index contributed by atoms with van der Waals surface area (Å²) in [7, 11) is 1.72. The van der Waals surface area contributed by atoms with Gasteiger partial charge in [-0.1, -0.05) is 0 Å². The van der Waals surface area contributed by atoms with Crippen LogP contribution in [0.2, 0.25) is 0 Å². The number of rotatable bonds is 5. The highest BCUT2D eigenvalue weighted by Gasteiger charge is 2.35. The second-order valence-corrected chi connectivity index (χ2v) is 7.57. The second kappa shape index (κ2) is 8.37. The van der Waals surface area contributed by atoms with Crippen molar-refractivity contribution in [2.24, 2.45) is 5.92 Å². The minimum atomic E-state index is -2.58. The third-order valence-corrected chi connectivity index (χ3v) is 5.58. The quantitative estimate of drug-likeness (QED) is 0.729. The third kappa shape index (κ3) is 4.12. The monoisotopic (exact) mass is 419 g/mol. The van der Waals surface area contributed by atoms with Crippen LogP contribution in [-0.2, 0) is 9.59 Å². The Labute approximate surface area is 172 Å². The lowest BCUT2D eigenvalue weighted by Crippen LogP contribution is -2.50. The molecule has 0 spiro atoms. The predicted octanol–water partition coefficient (Wildman–Crippen LogP) is 1.40. The zero-order valence-electron chi connectivity index (χ0n) is 16.6. The Morgan fingerprint density at radius 2 is 2.00 bits per heavy atom. The van der Waals surface area contributed by atoms with E-state index in [-0.39, 0.29) is 30.0 Å². The van der Waals surface area contributed by atoms with E-state index in [9.17, 15) is 18.4 Å². The van der Waals surface area contributed by atoms with Crippen LogP contribution in [0.5, 0.6) is 5.88 Å². The number of halogens is 2. The van der Waals surface area contributed by atoms with E-state index in [2.05, 4.69) is 14.9 Å². The van der Waals surface area contributed by atoms with Gasteiger partial charge in [0.05, 0.1) is 16.8 Å². The molecule has 3 heterocycles. The van der Waals surface area contributed by atoms with Crippen molar-refractivity contribution in [1.29, 1.82) is 0 Å². The molecule has 1 aromatic heterocycles. The largest absolute Gasteiger partial charge is 0.471 e. The van der Waals surface area contributed by atoms with Gasteiger partial charge in [-0.25, -0.2) is 18.7 Å². The molecule has 2 aliphatic heterocycles. The van der Waals surface area contributed by atoms with E-state index in [1.807, 2.05) is 17.0 Å². The van der Waals surface area contributed by atoms with Crippen molar-refractivity contribution >= 4 is 28.4 Å². The summed E-state index contributed by atoms with van der Waals surface area (Å²) >= 11 is 0. The van der Waals surface area contributed by atoms with Gasteiger partial charge in [0, 0.05) is 51.9 Å². The van der Waals surface area contributed by atoms with E-state index in [1.54, 1.807) is 18.0 Å². The summed E-state index contributed by atoms with van der Waals surface area (Å²) in [4.78, 5) is 38.1. The van der Waals surface area contributed by atoms with Gasteiger partial charge in [0.2, 0.25) is 17.7 Å². The summed E-state index contributed by atoms with van der Waals surface area (Å²) in [5.74, 6) is -0.0930. The molecule has 0 N–H and O–H groups in total. The Bertz CT molecular complexity index is 949. The number of carbonyl (C=O) groups is 2. The number of ether oxygens (including phenoxy) is 1. The molecule has 0 aliphatic carbocycles. The number of anilines is 1. The van der Waals surface area contributed by atoms with E-state index in [4.69, 9.17) is 4.74 Å². The molecule has 10 heteroatoms. The summed E-state index contributed by atoms with van der Waals surface area (Å²) in [6.07, 6.45) is -1.02. The van der Waals surface area contributed by atoms with E-state index in [1.165, 1.54) is 6.33 Å². The molecule has 2 aliphatic rings. The molecule has 1 unspecified atom stereocenters. The van der Waals surface area contributed by atoms with Crippen LogP contribution < -0.4 is 9.64 Å². The van der Waals surface area contributed by atoms with Gasteiger partial charge >= 0.3 is 0 Å². The summed E-state index contributed by atoms with van der Waals surface area (Å²) < 4.78 is 30.2. The Kier molecular flexibility index (Phi) is 5.65. The number of benzene rings is 1. The van der Waals surface area contributed by atoms with Crippen molar-refractivity contribution in [1.82, 2.24) is 19.8 Å². The Morgan fingerprint density at radius 1 is 1.23 bits per heavy atom. The van der Waals surface area contributed by atoms with Crippen LogP contribution in [0, 0.1) is 5.92 Å². The molecule has 1 atom stereocenters. The van der Waals surface area contributed by atoms with Crippen molar-refractivity contribution in [2.75, 3.05) is 51.3 Å². The Balaban J connectivity index is 1.43. The van der Waals surface area contributed by atoms with Gasteiger partial charge in [-0.15, -0.1) is 0 Å². The molecule has 30 heavy (non-hydrogen) atoms. The van der Waals surface area contributed by atoms with Crippen LogP contribution >= 0.6 is 0 Å². The highest BCUT2D eigenvalue weighted by molar-refractivity contribution is 5.89. The first kappa shape index (κ1) is 20.2. The number of likely N-dealkylation sites (tertiary alicyclic amines) is 1. The normalized spacial score (nSPS) is 19.8. The predicted molar refractivity (Wildman–Crippen MR) is 106 cm³/mol. The molecule has 0 radical (unpaired) electrons. The topological polar surface area (TPSA) is 78.9 Å². The van der Waals surface area contributed by atoms with Crippen LogP contribution in [0.25, 0.3) is 10.9 Å². The number of carbonyl (C=O) groups excluding carboxylic acids is 2. The standard InChI is InChI=1S/C20H23F2N5O3/c1-25-10-13(8-18(25)28)20(29)27-6-4-26(5-7-27)14-2-3-16-15(9-14)19(24-12-23-16)30-11-17(21)22/h2-3,9,12-13,17H,4-8,10-11H2,1H3. The zero-order valence-corrected chi connectivity index (χ0v) is 16.6. The molecule has 0 saturated carbocycles. The number of hydrogen-bond donors (Lipinski definition) is 0. The van der Waals surface area contributed by atoms with E-state index >= 15 is 0 Å². The van der Waals surface area contributed by atoms with Crippen LogP contribution in [-0.4, -0.2) is 84.4 Å². The Morgan fingerprint density at radius 3 is 2.67 bits per heavy atom. The molecule has 0 bridgehead atoms. The van der Waals surface area contributed by atoms with Crippen molar-refractivity contribution in [3.8, 4) is 5.88 Å². The van der Waals surface area contributed by atoms with Crippen molar-refractivity contribution < 1.29 is 23.1 Å². The maximum Gasteiger partial charge on any atom is 0.272 e. The molecule has 1 aromatic carbocycles. The number of piperazine rings is 1. The van der Waals surface area contributed by atoms with Crippen LogP contribution in [0.3, 0.4) is 0 Å². The van der Waals surface area contributed by atoms with Crippen molar-refractivity contribution in [3.63, 3.8) is 0 Å². The Hall–Kier alpha value is -3.04. The fourth-order valence-electron chi connectivity index (χ4n) is 3.95. The van der Waals surface area contributed by atoms with Gasteiger partial charge in [0.25, 0.3) is 6.43 Å². The summed E-state index contributed by atoms with van der Waals surface area (Å²) in [6, 6.07) is 5.55. The molecule has 8 nitrogen and oxygen atoms in total. The first-order valence-corrected chi connectivity index (χ1v) is 9.86. The van der Waals surface area contributed by atoms with Gasteiger partial charge in [-0.2, -0.15) is 0 Å².